The van der Waals surface area contributed by atoms with Gasteiger partial charge in [0.25, 0.3) is 0 Å². The first-order valence-corrected chi connectivity index (χ1v) is 3.83. The van der Waals surface area contributed by atoms with Crippen molar-refractivity contribution < 1.29 is 9.47 Å². The average Bonchev–Trinajstić information content (AvgIpc) is 1.84. The van der Waals surface area contributed by atoms with Crippen LogP contribution >= 0.6 is 0 Å². The number of hydrogen-bond donors (Lipinski definition) is 1. The van der Waals surface area contributed by atoms with Crippen LogP contribution in [0.4, 0.5) is 0 Å². The average molecular weight is 145 g/mol. The SMILES string of the molecule is CCOCCOC1CNC1. The molecule has 0 amide bonds. The molecule has 60 valence electrons. The quantitative estimate of drug-likeness (QED) is 0.553. The van der Waals surface area contributed by atoms with E-state index in [1.54, 1.807) is 0 Å². The normalized spacial score (nSPS) is 18.9. The molecule has 1 fully saturated rings. The molecule has 0 aromatic carbocycles. The summed E-state index contributed by atoms with van der Waals surface area (Å²) in [7, 11) is 0. The van der Waals surface area contributed by atoms with Crippen LogP contribution < -0.4 is 5.32 Å². The van der Waals surface area contributed by atoms with Crippen LogP contribution in [0.2, 0.25) is 0 Å². The van der Waals surface area contributed by atoms with E-state index in [2.05, 4.69) is 5.32 Å². The van der Waals surface area contributed by atoms with E-state index < -0.39 is 0 Å². The highest BCUT2D eigenvalue weighted by Gasteiger charge is 2.15. The molecule has 10 heavy (non-hydrogen) atoms. The van der Waals surface area contributed by atoms with E-state index in [-0.39, 0.29) is 0 Å². The molecule has 0 atom stereocenters. The summed E-state index contributed by atoms with van der Waals surface area (Å²) in [4.78, 5) is 0. The van der Waals surface area contributed by atoms with Crippen LogP contribution in [0.25, 0.3) is 0 Å². The molecule has 1 N–H and O–H groups in total. The predicted molar refractivity (Wildman–Crippen MR) is 39.1 cm³/mol. The smallest absolute Gasteiger partial charge is 0.0824 e. The van der Waals surface area contributed by atoms with Crippen LogP contribution in [-0.2, 0) is 9.47 Å². The summed E-state index contributed by atoms with van der Waals surface area (Å²) >= 11 is 0. The molecule has 1 aliphatic rings. The second kappa shape index (κ2) is 4.66. The maximum absolute atomic E-state index is 5.39. The molecule has 0 bridgehead atoms. The second-order valence-corrected chi connectivity index (χ2v) is 2.35. The van der Waals surface area contributed by atoms with Crippen LogP contribution in [0.5, 0.6) is 0 Å². The second-order valence-electron chi connectivity index (χ2n) is 2.35. The van der Waals surface area contributed by atoms with Crippen LogP contribution in [0.15, 0.2) is 0 Å². The molecule has 1 saturated heterocycles. The Morgan fingerprint density at radius 3 is 2.70 bits per heavy atom. The first kappa shape index (κ1) is 7.98. The highest BCUT2D eigenvalue weighted by molar-refractivity contribution is 4.74. The lowest BCUT2D eigenvalue weighted by Gasteiger charge is -2.26. The van der Waals surface area contributed by atoms with E-state index >= 15 is 0 Å². The maximum atomic E-state index is 5.39. The first-order valence-electron chi connectivity index (χ1n) is 3.83. The van der Waals surface area contributed by atoms with Gasteiger partial charge in [-0.1, -0.05) is 0 Å². The van der Waals surface area contributed by atoms with Crippen LogP contribution in [0.1, 0.15) is 6.92 Å². The van der Waals surface area contributed by atoms with E-state index in [4.69, 9.17) is 9.47 Å². The third kappa shape index (κ3) is 2.64. The van der Waals surface area contributed by atoms with Crippen molar-refractivity contribution in [1.82, 2.24) is 5.32 Å². The fourth-order valence-electron chi connectivity index (χ4n) is 0.798. The highest BCUT2D eigenvalue weighted by atomic mass is 16.5. The zero-order valence-electron chi connectivity index (χ0n) is 6.43. The van der Waals surface area contributed by atoms with E-state index in [1.807, 2.05) is 6.92 Å². The Balaban J connectivity index is 1.76. The molecule has 1 rings (SSSR count). The van der Waals surface area contributed by atoms with Gasteiger partial charge in [0.1, 0.15) is 0 Å². The molecule has 0 aliphatic carbocycles. The number of hydrogen-bond acceptors (Lipinski definition) is 3. The standard InChI is InChI=1S/C7H15NO2/c1-2-9-3-4-10-7-5-8-6-7/h7-8H,2-6H2,1H3. The van der Waals surface area contributed by atoms with E-state index in [0.29, 0.717) is 6.10 Å². The number of nitrogens with one attached hydrogen (secondary N) is 1. The molecule has 0 spiro atoms. The Morgan fingerprint density at radius 1 is 1.40 bits per heavy atom. The first-order chi connectivity index (χ1) is 4.93. The minimum absolute atomic E-state index is 0.445. The van der Waals surface area contributed by atoms with Crippen LogP contribution in [0, 0.1) is 0 Å². The van der Waals surface area contributed by atoms with Crippen molar-refractivity contribution in [3.8, 4) is 0 Å². The Morgan fingerprint density at radius 2 is 2.20 bits per heavy atom. The zero-order valence-corrected chi connectivity index (χ0v) is 6.43. The molecular formula is C7H15NO2. The van der Waals surface area contributed by atoms with Crippen molar-refractivity contribution in [1.29, 1.82) is 0 Å². The van der Waals surface area contributed by atoms with Crippen LogP contribution in [-0.4, -0.2) is 39.0 Å². The Hall–Kier alpha value is -0.120. The highest BCUT2D eigenvalue weighted by Crippen LogP contribution is 1.96. The lowest BCUT2D eigenvalue weighted by atomic mass is 10.2. The summed E-state index contributed by atoms with van der Waals surface area (Å²) < 4.78 is 10.5. The minimum atomic E-state index is 0.445. The molecule has 1 heterocycles. The summed E-state index contributed by atoms with van der Waals surface area (Å²) in [6.45, 7) is 6.25. The van der Waals surface area contributed by atoms with Gasteiger partial charge in [0.2, 0.25) is 0 Å². The summed E-state index contributed by atoms with van der Waals surface area (Å²) in [5.74, 6) is 0. The van der Waals surface area contributed by atoms with Crippen LogP contribution in [0.3, 0.4) is 0 Å². The van der Waals surface area contributed by atoms with Gasteiger partial charge in [0.05, 0.1) is 19.3 Å². The Kier molecular flexibility index (Phi) is 3.72. The molecule has 0 aromatic heterocycles. The monoisotopic (exact) mass is 145 g/mol. The van der Waals surface area contributed by atoms with Crippen molar-refractivity contribution in [2.45, 2.75) is 13.0 Å². The lowest BCUT2D eigenvalue weighted by Crippen LogP contribution is -2.48. The molecule has 1 aliphatic heterocycles. The van der Waals surface area contributed by atoms with E-state index in [1.165, 1.54) is 0 Å². The zero-order chi connectivity index (χ0) is 7.23. The van der Waals surface area contributed by atoms with Crippen molar-refractivity contribution in [2.75, 3.05) is 32.9 Å². The van der Waals surface area contributed by atoms with Gasteiger partial charge in [-0.25, -0.2) is 0 Å². The predicted octanol–water partition coefficient (Wildman–Crippen LogP) is 0.0113. The van der Waals surface area contributed by atoms with Gasteiger partial charge in [-0.15, -0.1) is 0 Å². The third-order valence-corrected chi connectivity index (χ3v) is 1.53. The molecule has 0 unspecified atom stereocenters. The fraction of sp³-hybridized carbons (Fsp3) is 1.00. The molecule has 3 nitrogen and oxygen atoms in total. The van der Waals surface area contributed by atoms with Gasteiger partial charge in [-0.05, 0) is 6.92 Å². The van der Waals surface area contributed by atoms with Crippen molar-refractivity contribution in [2.24, 2.45) is 0 Å². The number of rotatable bonds is 5. The van der Waals surface area contributed by atoms with Gasteiger partial charge >= 0.3 is 0 Å². The summed E-state index contributed by atoms with van der Waals surface area (Å²) in [5, 5.41) is 3.14. The van der Waals surface area contributed by atoms with Gasteiger partial charge in [0, 0.05) is 19.7 Å². The van der Waals surface area contributed by atoms with Gasteiger partial charge in [0.15, 0.2) is 0 Å². The van der Waals surface area contributed by atoms with Gasteiger partial charge < -0.3 is 14.8 Å². The molecule has 0 radical (unpaired) electrons. The Bertz CT molecular complexity index is 83.7. The van der Waals surface area contributed by atoms with Gasteiger partial charge in [-0.3, -0.25) is 0 Å². The molecule has 0 saturated carbocycles. The third-order valence-electron chi connectivity index (χ3n) is 1.53. The summed E-state index contributed by atoms with van der Waals surface area (Å²) in [6, 6.07) is 0. The van der Waals surface area contributed by atoms with Crippen molar-refractivity contribution in [3.63, 3.8) is 0 Å². The maximum Gasteiger partial charge on any atom is 0.0824 e. The topological polar surface area (TPSA) is 30.5 Å². The number of ether oxygens (including phenoxy) is 2. The fourth-order valence-corrected chi connectivity index (χ4v) is 0.798. The van der Waals surface area contributed by atoms with Crippen molar-refractivity contribution in [3.05, 3.63) is 0 Å². The lowest BCUT2D eigenvalue weighted by molar-refractivity contribution is -0.0146. The van der Waals surface area contributed by atoms with Gasteiger partial charge in [-0.2, -0.15) is 0 Å². The molecular weight excluding hydrogens is 130 g/mol. The minimum Gasteiger partial charge on any atom is -0.379 e. The summed E-state index contributed by atoms with van der Waals surface area (Å²) in [5.41, 5.74) is 0. The largest absolute Gasteiger partial charge is 0.379 e. The van der Waals surface area contributed by atoms with Crippen molar-refractivity contribution >= 4 is 0 Å². The van der Waals surface area contributed by atoms with E-state index in [0.717, 1.165) is 32.9 Å². The molecule has 0 aromatic rings. The molecule has 3 heteroatoms. The van der Waals surface area contributed by atoms with E-state index in [9.17, 15) is 0 Å². The summed E-state index contributed by atoms with van der Waals surface area (Å²) in [6.07, 6.45) is 0.445. The Labute approximate surface area is 61.7 Å².